The van der Waals surface area contributed by atoms with Crippen LogP contribution in [0.5, 0.6) is 23.0 Å². The molecule has 0 atom stereocenters. The average Bonchev–Trinajstić information content (AvgIpc) is 2.94. The van der Waals surface area contributed by atoms with Crippen molar-refractivity contribution in [3.63, 3.8) is 0 Å². The van der Waals surface area contributed by atoms with E-state index in [-0.39, 0.29) is 57.8 Å². The predicted octanol–water partition coefficient (Wildman–Crippen LogP) is 2.58. The van der Waals surface area contributed by atoms with E-state index in [1.165, 1.54) is 12.1 Å². The molecule has 3 aromatic rings. The van der Waals surface area contributed by atoms with Gasteiger partial charge in [-0.2, -0.15) is 8.42 Å². The van der Waals surface area contributed by atoms with E-state index in [9.17, 15) is 8.42 Å². The van der Waals surface area contributed by atoms with E-state index in [0.717, 1.165) is 5.56 Å². The first kappa shape index (κ1) is 30.9. The minimum atomic E-state index is -3.77. The van der Waals surface area contributed by atoms with Crippen molar-refractivity contribution in [1.82, 2.24) is 0 Å². The van der Waals surface area contributed by atoms with Crippen molar-refractivity contribution in [1.29, 1.82) is 0 Å². The molecule has 0 aliphatic rings. The van der Waals surface area contributed by atoms with Gasteiger partial charge < -0.3 is 34.3 Å². The van der Waals surface area contributed by atoms with Gasteiger partial charge in [0, 0.05) is 0 Å². The topological polar surface area (TPSA) is 141 Å². The van der Waals surface area contributed by atoms with Crippen molar-refractivity contribution in [2.24, 2.45) is 0 Å². The highest BCUT2D eigenvalue weighted by molar-refractivity contribution is 7.86. The summed E-state index contributed by atoms with van der Waals surface area (Å²) < 4.78 is 49.9. The van der Waals surface area contributed by atoms with Crippen LogP contribution in [-0.2, 0) is 14.3 Å². The molecular formula is C27H34O10S. The third-order valence-electron chi connectivity index (χ3n) is 4.63. The SMILES string of the molecule is Cc1ccc(S(=O)(=O)OCCOc2ccc(OCCO)cc2)cc1.OCCOc1ccc(OCCO)cc1. The zero-order chi connectivity index (χ0) is 27.6. The fraction of sp³-hybridized carbons (Fsp3) is 0.333. The molecule has 0 aliphatic carbocycles. The quantitative estimate of drug-likeness (QED) is 0.191. The molecule has 0 aromatic heterocycles. The summed E-state index contributed by atoms with van der Waals surface area (Å²) in [4.78, 5) is 0.124. The smallest absolute Gasteiger partial charge is 0.297 e. The second-order valence-corrected chi connectivity index (χ2v) is 9.21. The van der Waals surface area contributed by atoms with Crippen LogP contribution in [0, 0.1) is 6.92 Å². The molecule has 208 valence electrons. The molecule has 0 heterocycles. The lowest BCUT2D eigenvalue weighted by Crippen LogP contribution is -2.13. The highest BCUT2D eigenvalue weighted by Crippen LogP contribution is 2.18. The average molecular weight is 551 g/mol. The number of hydrogen-bond acceptors (Lipinski definition) is 10. The summed E-state index contributed by atoms with van der Waals surface area (Å²) in [7, 11) is -3.77. The minimum absolute atomic E-state index is 0.00274. The van der Waals surface area contributed by atoms with E-state index >= 15 is 0 Å². The third-order valence-corrected chi connectivity index (χ3v) is 5.95. The Morgan fingerprint density at radius 2 is 0.868 bits per heavy atom. The molecule has 0 saturated heterocycles. The maximum absolute atomic E-state index is 12.0. The Hall–Kier alpha value is -3.35. The first-order valence-corrected chi connectivity index (χ1v) is 13.3. The van der Waals surface area contributed by atoms with E-state index in [4.69, 9.17) is 38.5 Å². The summed E-state index contributed by atoms with van der Waals surface area (Å²) in [5.74, 6) is 2.57. The van der Waals surface area contributed by atoms with E-state index in [1.54, 1.807) is 60.7 Å². The Morgan fingerprint density at radius 1 is 0.526 bits per heavy atom. The number of benzene rings is 3. The van der Waals surface area contributed by atoms with Crippen molar-refractivity contribution in [2.75, 3.05) is 52.9 Å². The van der Waals surface area contributed by atoms with Crippen LogP contribution in [0.3, 0.4) is 0 Å². The van der Waals surface area contributed by atoms with Gasteiger partial charge in [0.25, 0.3) is 10.1 Å². The van der Waals surface area contributed by atoms with Crippen LogP contribution in [0.25, 0.3) is 0 Å². The second-order valence-electron chi connectivity index (χ2n) is 7.60. The monoisotopic (exact) mass is 550 g/mol. The van der Waals surface area contributed by atoms with Gasteiger partial charge in [0.15, 0.2) is 0 Å². The van der Waals surface area contributed by atoms with Gasteiger partial charge in [-0.05, 0) is 67.6 Å². The molecule has 10 nitrogen and oxygen atoms in total. The molecule has 0 amide bonds. The second kappa shape index (κ2) is 17.2. The Kier molecular flexibility index (Phi) is 14.0. The van der Waals surface area contributed by atoms with Crippen molar-refractivity contribution in [3.05, 3.63) is 78.4 Å². The van der Waals surface area contributed by atoms with Gasteiger partial charge in [-0.1, -0.05) is 17.7 Å². The van der Waals surface area contributed by atoms with Crippen LogP contribution in [0.2, 0.25) is 0 Å². The summed E-state index contributed by atoms with van der Waals surface area (Å²) in [5, 5.41) is 25.7. The molecule has 0 bridgehead atoms. The van der Waals surface area contributed by atoms with Crippen molar-refractivity contribution in [2.45, 2.75) is 11.8 Å². The lowest BCUT2D eigenvalue weighted by Gasteiger charge is -2.09. The van der Waals surface area contributed by atoms with Gasteiger partial charge in [-0.3, -0.25) is 4.18 Å². The van der Waals surface area contributed by atoms with E-state index < -0.39 is 10.1 Å². The lowest BCUT2D eigenvalue weighted by atomic mass is 10.2. The summed E-state index contributed by atoms with van der Waals surface area (Å²) >= 11 is 0. The highest BCUT2D eigenvalue weighted by Gasteiger charge is 2.14. The summed E-state index contributed by atoms with van der Waals surface area (Å²) in [5.41, 5.74) is 0.976. The van der Waals surface area contributed by atoms with Crippen LogP contribution in [-0.4, -0.2) is 76.6 Å². The summed E-state index contributed by atoms with van der Waals surface area (Å²) in [6.45, 7) is 2.65. The summed E-state index contributed by atoms with van der Waals surface area (Å²) in [6.07, 6.45) is 0. The number of ether oxygens (including phenoxy) is 4. The number of aliphatic hydroxyl groups excluding tert-OH is 3. The predicted molar refractivity (Wildman–Crippen MR) is 140 cm³/mol. The molecule has 0 aliphatic heterocycles. The van der Waals surface area contributed by atoms with Crippen LogP contribution >= 0.6 is 0 Å². The first-order chi connectivity index (χ1) is 18.4. The van der Waals surface area contributed by atoms with Gasteiger partial charge in [-0.15, -0.1) is 0 Å². The molecule has 11 heteroatoms. The molecule has 0 unspecified atom stereocenters. The fourth-order valence-corrected chi connectivity index (χ4v) is 3.72. The number of aliphatic hydroxyl groups is 3. The summed E-state index contributed by atoms with van der Waals surface area (Å²) in [6, 6.07) is 20.3. The van der Waals surface area contributed by atoms with Crippen LogP contribution in [0.15, 0.2) is 77.7 Å². The van der Waals surface area contributed by atoms with E-state index in [1.807, 2.05) is 6.92 Å². The first-order valence-electron chi connectivity index (χ1n) is 11.9. The Labute approximate surface area is 223 Å². The standard InChI is InChI=1S/C17H20O6S.C10H14O4/c1-14-2-8-17(9-3-14)24(19,20)23-13-12-22-16-6-4-15(5-7-16)21-11-10-18;11-5-7-13-9-1-2-10(4-3-9)14-8-6-12/h2-9,18H,10-13H2,1H3;1-4,11-12H,5-8H2. The number of aryl methyl sites for hydroxylation is 1. The third kappa shape index (κ3) is 11.8. The molecule has 3 rings (SSSR count). The van der Waals surface area contributed by atoms with Gasteiger partial charge >= 0.3 is 0 Å². The maximum atomic E-state index is 12.0. The molecule has 0 spiro atoms. The van der Waals surface area contributed by atoms with Gasteiger partial charge in [0.2, 0.25) is 0 Å². The van der Waals surface area contributed by atoms with Crippen molar-refractivity contribution < 1.29 is 46.9 Å². The largest absolute Gasteiger partial charge is 0.491 e. The maximum Gasteiger partial charge on any atom is 0.297 e. The zero-order valence-corrected chi connectivity index (χ0v) is 22.0. The molecule has 0 fully saturated rings. The number of rotatable bonds is 15. The Bertz CT molecular complexity index is 1100. The van der Waals surface area contributed by atoms with Crippen molar-refractivity contribution in [3.8, 4) is 23.0 Å². The van der Waals surface area contributed by atoms with Crippen LogP contribution in [0.4, 0.5) is 0 Å². The fourth-order valence-electron chi connectivity index (χ4n) is 2.83. The Morgan fingerprint density at radius 3 is 1.21 bits per heavy atom. The van der Waals surface area contributed by atoms with E-state index in [2.05, 4.69) is 0 Å². The van der Waals surface area contributed by atoms with Crippen LogP contribution < -0.4 is 18.9 Å². The van der Waals surface area contributed by atoms with Gasteiger partial charge in [0.05, 0.1) is 24.7 Å². The molecule has 3 N–H and O–H groups in total. The van der Waals surface area contributed by atoms with E-state index in [0.29, 0.717) is 23.0 Å². The lowest BCUT2D eigenvalue weighted by molar-refractivity contribution is 0.198. The Balaban J connectivity index is 0.000000308. The molecule has 0 saturated carbocycles. The molecule has 3 aromatic carbocycles. The van der Waals surface area contributed by atoms with Gasteiger partial charge in [0.1, 0.15) is 56.0 Å². The van der Waals surface area contributed by atoms with Crippen molar-refractivity contribution >= 4 is 10.1 Å². The molecule has 0 radical (unpaired) electrons. The normalized spacial score (nSPS) is 10.7. The highest BCUT2D eigenvalue weighted by atomic mass is 32.2. The zero-order valence-electron chi connectivity index (χ0n) is 21.2. The number of hydrogen-bond donors (Lipinski definition) is 3. The van der Waals surface area contributed by atoms with Gasteiger partial charge in [-0.25, -0.2) is 0 Å². The van der Waals surface area contributed by atoms with Crippen LogP contribution in [0.1, 0.15) is 5.56 Å². The molecular weight excluding hydrogens is 516 g/mol. The molecule has 38 heavy (non-hydrogen) atoms. The minimum Gasteiger partial charge on any atom is -0.491 e.